The fraction of sp³-hybridized carbons (Fsp3) is 0.429. The van der Waals surface area contributed by atoms with Gasteiger partial charge in [-0.1, -0.05) is 67.4 Å². The third-order valence-electron chi connectivity index (χ3n) is 8.60. The van der Waals surface area contributed by atoms with Gasteiger partial charge in [-0.15, -0.1) is 0 Å². The zero-order valence-electron chi connectivity index (χ0n) is 25.2. The summed E-state index contributed by atoms with van der Waals surface area (Å²) in [5.41, 5.74) is 11.8. The number of anilines is 2. The van der Waals surface area contributed by atoms with Gasteiger partial charge in [0.25, 0.3) is 0 Å². The summed E-state index contributed by atoms with van der Waals surface area (Å²) >= 11 is 0. The molecule has 1 saturated carbocycles. The topological polar surface area (TPSA) is 97.1 Å². The van der Waals surface area contributed by atoms with E-state index in [2.05, 4.69) is 34.5 Å². The Morgan fingerprint density at radius 1 is 0.860 bits per heavy atom. The van der Waals surface area contributed by atoms with E-state index in [1.54, 1.807) is 0 Å². The van der Waals surface area contributed by atoms with Crippen LogP contribution in [0.3, 0.4) is 0 Å². The van der Waals surface area contributed by atoms with Crippen molar-refractivity contribution < 1.29 is 19.1 Å². The van der Waals surface area contributed by atoms with Gasteiger partial charge in [0.05, 0.1) is 18.5 Å². The van der Waals surface area contributed by atoms with E-state index in [0.717, 1.165) is 85.2 Å². The summed E-state index contributed by atoms with van der Waals surface area (Å²) in [5.74, 6) is 0. The summed E-state index contributed by atoms with van der Waals surface area (Å²) in [6, 6.07) is 24.5. The van der Waals surface area contributed by atoms with Crippen LogP contribution in [0.5, 0.6) is 0 Å². The summed E-state index contributed by atoms with van der Waals surface area (Å²) < 4.78 is 10.7. The highest BCUT2D eigenvalue weighted by atomic mass is 16.5. The van der Waals surface area contributed by atoms with Gasteiger partial charge in [0, 0.05) is 31.7 Å². The number of carbonyl (C=O) groups is 2. The Morgan fingerprint density at radius 2 is 1.56 bits per heavy atom. The Kier molecular flexibility index (Phi) is 10.6. The minimum absolute atomic E-state index is 0.113. The third kappa shape index (κ3) is 8.29. The SMILES string of the molecule is COC(=O)N(Cc1cccc(-c2ccc(N3CCCCCC3)c(NC(=O)OCc3ccccc3)c2)c1)C1CCC(N)CC1. The molecule has 1 saturated heterocycles. The highest BCUT2D eigenvalue weighted by Crippen LogP contribution is 2.34. The minimum atomic E-state index is -0.480. The number of hydrogen-bond donors (Lipinski definition) is 2. The first-order valence-corrected chi connectivity index (χ1v) is 15.6. The number of nitrogens with zero attached hydrogens (tertiary/aromatic N) is 2. The van der Waals surface area contributed by atoms with Crippen LogP contribution in [0.4, 0.5) is 21.0 Å². The van der Waals surface area contributed by atoms with Gasteiger partial charge in [-0.2, -0.15) is 0 Å². The normalized spacial score (nSPS) is 18.8. The van der Waals surface area contributed by atoms with E-state index in [4.69, 9.17) is 15.2 Å². The van der Waals surface area contributed by atoms with Crippen LogP contribution in [0.1, 0.15) is 62.5 Å². The van der Waals surface area contributed by atoms with Crippen molar-refractivity contribution in [2.45, 2.75) is 76.6 Å². The molecule has 8 heteroatoms. The Morgan fingerprint density at radius 3 is 2.28 bits per heavy atom. The minimum Gasteiger partial charge on any atom is -0.453 e. The van der Waals surface area contributed by atoms with Crippen LogP contribution in [0.15, 0.2) is 72.8 Å². The molecule has 0 bridgehead atoms. The molecule has 1 aliphatic heterocycles. The summed E-state index contributed by atoms with van der Waals surface area (Å²) in [5, 5.41) is 3.04. The van der Waals surface area contributed by atoms with Gasteiger partial charge >= 0.3 is 12.2 Å². The Bertz CT molecular complexity index is 1350. The van der Waals surface area contributed by atoms with E-state index in [1.165, 1.54) is 20.0 Å². The lowest BCUT2D eigenvalue weighted by Crippen LogP contribution is -2.43. The van der Waals surface area contributed by atoms with Crippen LogP contribution in [0, 0.1) is 0 Å². The maximum atomic E-state index is 13.0. The van der Waals surface area contributed by atoms with E-state index in [1.807, 2.05) is 53.4 Å². The first-order valence-electron chi connectivity index (χ1n) is 15.6. The van der Waals surface area contributed by atoms with Crippen LogP contribution in [-0.4, -0.2) is 49.4 Å². The van der Waals surface area contributed by atoms with Gasteiger partial charge in [0.1, 0.15) is 6.61 Å². The van der Waals surface area contributed by atoms with Gasteiger partial charge in [-0.05, 0) is 79.0 Å². The maximum absolute atomic E-state index is 13.0. The van der Waals surface area contributed by atoms with E-state index >= 15 is 0 Å². The molecule has 8 nitrogen and oxygen atoms in total. The van der Waals surface area contributed by atoms with Gasteiger partial charge < -0.3 is 25.0 Å². The predicted molar refractivity (Wildman–Crippen MR) is 171 cm³/mol. The quantitative estimate of drug-likeness (QED) is 0.288. The molecule has 0 unspecified atom stereocenters. The lowest BCUT2D eigenvalue weighted by molar-refractivity contribution is 0.0879. The summed E-state index contributed by atoms with van der Waals surface area (Å²) in [6.07, 6.45) is 7.48. The van der Waals surface area contributed by atoms with Crippen molar-refractivity contribution in [2.75, 3.05) is 30.4 Å². The Labute approximate surface area is 255 Å². The van der Waals surface area contributed by atoms with Crippen LogP contribution >= 0.6 is 0 Å². The van der Waals surface area contributed by atoms with Crippen molar-refractivity contribution in [3.63, 3.8) is 0 Å². The molecule has 2 fully saturated rings. The van der Waals surface area contributed by atoms with Crippen LogP contribution in [0.25, 0.3) is 11.1 Å². The number of nitrogens with two attached hydrogens (primary N) is 1. The van der Waals surface area contributed by atoms with Gasteiger partial charge in [0.15, 0.2) is 0 Å². The largest absolute Gasteiger partial charge is 0.453 e. The zero-order valence-corrected chi connectivity index (χ0v) is 25.2. The molecule has 2 aliphatic rings. The first kappa shape index (κ1) is 30.4. The molecule has 0 aromatic heterocycles. The highest BCUT2D eigenvalue weighted by Gasteiger charge is 2.28. The average molecular weight is 585 g/mol. The number of methoxy groups -OCH3 is 1. The van der Waals surface area contributed by atoms with Crippen LogP contribution < -0.4 is 16.0 Å². The molecule has 5 rings (SSSR count). The first-order chi connectivity index (χ1) is 21.0. The van der Waals surface area contributed by atoms with Crippen molar-refractivity contribution in [2.24, 2.45) is 5.73 Å². The molecule has 1 heterocycles. The molecule has 3 aromatic carbocycles. The van der Waals surface area contributed by atoms with Gasteiger partial charge in [-0.3, -0.25) is 5.32 Å². The van der Waals surface area contributed by atoms with Crippen molar-refractivity contribution in [3.05, 3.63) is 83.9 Å². The molecule has 1 aliphatic carbocycles. The molecule has 2 amide bonds. The van der Waals surface area contributed by atoms with Crippen molar-refractivity contribution in [1.82, 2.24) is 4.90 Å². The second-order valence-electron chi connectivity index (χ2n) is 11.7. The second-order valence-corrected chi connectivity index (χ2v) is 11.7. The van der Waals surface area contributed by atoms with Crippen molar-refractivity contribution in [1.29, 1.82) is 0 Å². The number of ether oxygens (including phenoxy) is 2. The number of amides is 2. The monoisotopic (exact) mass is 584 g/mol. The van der Waals surface area contributed by atoms with Crippen molar-refractivity contribution in [3.8, 4) is 11.1 Å². The molecular formula is C35H44N4O4. The van der Waals surface area contributed by atoms with Gasteiger partial charge in [-0.25, -0.2) is 9.59 Å². The number of rotatable bonds is 8. The summed E-state index contributed by atoms with van der Waals surface area (Å²) in [7, 11) is 1.44. The van der Waals surface area contributed by atoms with E-state index in [-0.39, 0.29) is 24.8 Å². The third-order valence-corrected chi connectivity index (χ3v) is 8.60. The molecular weight excluding hydrogens is 540 g/mol. The molecule has 0 spiro atoms. The molecule has 3 aromatic rings. The average Bonchev–Trinajstić information content (AvgIpc) is 3.33. The second kappa shape index (κ2) is 14.9. The molecule has 228 valence electrons. The van der Waals surface area contributed by atoms with Crippen LogP contribution in [-0.2, 0) is 22.6 Å². The molecule has 3 N–H and O–H groups in total. The standard InChI is InChI=1S/C35H44N4O4/c1-42-35(41)39(31-17-15-30(36)16-18-31)24-27-12-9-13-28(22-27)29-14-19-33(38-20-7-2-3-8-21-38)32(23-29)37-34(40)43-25-26-10-5-4-6-11-26/h4-6,9-14,19,22-23,30-31H,2-3,7-8,15-18,20-21,24-25,36H2,1H3,(H,37,40). The molecule has 0 radical (unpaired) electrons. The maximum Gasteiger partial charge on any atom is 0.412 e. The fourth-order valence-corrected chi connectivity index (χ4v) is 6.19. The highest BCUT2D eigenvalue weighted by molar-refractivity contribution is 5.91. The Hall–Kier alpha value is -4.04. The smallest absolute Gasteiger partial charge is 0.412 e. The van der Waals surface area contributed by atoms with Crippen molar-refractivity contribution >= 4 is 23.6 Å². The lowest BCUT2D eigenvalue weighted by atomic mass is 9.90. The van der Waals surface area contributed by atoms with E-state index in [9.17, 15) is 9.59 Å². The van der Waals surface area contributed by atoms with E-state index in [0.29, 0.717) is 6.54 Å². The van der Waals surface area contributed by atoms with Gasteiger partial charge in [0.2, 0.25) is 0 Å². The zero-order chi connectivity index (χ0) is 30.0. The fourth-order valence-electron chi connectivity index (χ4n) is 6.19. The number of carbonyl (C=O) groups excluding carboxylic acids is 2. The number of hydrogen-bond acceptors (Lipinski definition) is 6. The summed E-state index contributed by atoms with van der Waals surface area (Å²) in [6.45, 7) is 2.58. The number of nitrogens with one attached hydrogen (secondary N) is 1. The predicted octanol–water partition coefficient (Wildman–Crippen LogP) is 7.32. The lowest BCUT2D eigenvalue weighted by Gasteiger charge is -2.35. The van der Waals surface area contributed by atoms with E-state index < -0.39 is 6.09 Å². The Balaban J connectivity index is 1.37. The number of benzene rings is 3. The van der Waals surface area contributed by atoms with Crippen LogP contribution in [0.2, 0.25) is 0 Å². The molecule has 0 atom stereocenters. The summed E-state index contributed by atoms with van der Waals surface area (Å²) in [4.78, 5) is 29.9. The molecule has 43 heavy (non-hydrogen) atoms.